The maximum atomic E-state index is 12.2. The molecule has 0 heterocycles. The fraction of sp³-hybridized carbons (Fsp3) is 0.917. The van der Waals surface area contributed by atoms with E-state index in [-0.39, 0.29) is 16.9 Å². The molecule has 0 unspecified atom stereocenters. The summed E-state index contributed by atoms with van der Waals surface area (Å²) in [5, 5.41) is 3.17. The summed E-state index contributed by atoms with van der Waals surface area (Å²) in [6, 6.07) is 0. The van der Waals surface area contributed by atoms with Gasteiger partial charge in [0.25, 0.3) is 0 Å². The van der Waals surface area contributed by atoms with Crippen LogP contribution in [-0.2, 0) is 4.79 Å². The number of hydrogen-bond acceptors (Lipinski definition) is 2. The van der Waals surface area contributed by atoms with Crippen molar-refractivity contribution in [3.05, 3.63) is 0 Å². The minimum absolute atomic E-state index is 0.0435. The van der Waals surface area contributed by atoms with Crippen molar-refractivity contribution in [3.8, 4) is 0 Å². The van der Waals surface area contributed by atoms with Crippen LogP contribution in [0.1, 0.15) is 52.9 Å². The van der Waals surface area contributed by atoms with Crippen molar-refractivity contribution in [2.24, 2.45) is 11.1 Å². The minimum Gasteiger partial charge on any atom is -0.350 e. The second kappa shape index (κ2) is 4.52. The fourth-order valence-electron chi connectivity index (χ4n) is 2.19. The lowest BCUT2D eigenvalue weighted by atomic mass is 9.75. The molecule has 0 radical (unpaired) electrons. The molecule has 3 N–H and O–H groups in total. The van der Waals surface area contributed by atoms with E-state index < -0.39 is 0 Å². The first-order valence-corrected chi connectivity index (χ1v) is 6.04. The Labute approximate surface area is 92.8 Å². The third-order valence-electron chi connectivity index (χ3n) is 4.10. The summed E-state index contributed by atoms with van der Waals surface area (Å²) < 4.78 is 0. The van der Waals surface area contributed by atoms with Gasteiger partial charge in [-0.25, -0.2) is 0 Å². The summed E-state index contributed by atoms with van der Waals surface area (Å²) >= 11 is 0. The summed E-state index contributed by atoms with van der Waals surface area (Å²) in [7, 11) is 0. The van der Waals surface area contributed by atoms with Crippen LogP contribution in [0.25, 0.3) is 0 Å². The minimum atomic E-state index is -0.349. The first-order valence-electron chi connectivity index (χ1n) is 6.04. The molecule has 1 aliphatic rings. The molecule has 1 aliphatic carbocycles. The topological polar surface area (TPSA) is 55.1 Å². The molecule has 15 heavy (non-hydrogen) atoms. The van der Waals surface area contributed by atoms with Gasteiger partial charge >= 0.3 is 0 Å². The van der Waals surface area contributed by atoms with Gasteiger partial charge in [-0.15, -0.1) is 0 Å². The summed E-state index contributed by atoms with van der Waals surface area (Å²) in [5.41, 5.74) is 5.44. The summed E-state index contributed by atoms with van der Waals surface area (Å²) in [6.45, 7) is 6.65. The second-order valence-electron chi connectivity index (χ2n) is 5.06. The van der Waals surface area contributed by atoms with Crippen molar-refractivity contribution in [3.63, 3.8) is 0 Å². The number of hydrogen-bond donors (Lipinski definition) is 2. The van der Waals surface area contributed by atoms with Crippen LogP contribution in [0.2, 0.25) is 0 Å². The van der Waals surface area contributed by atoms with Gasteiger partial charge in [0.2, 0.25) is 5.91 Å². The van der Waals surface area contributed by atoms with Crippen molar-refractivity contribution in [2.45, 2.75) is 58.4 Å². The lowest BCUT2D eigenvalue weighted by molar-refractivity contribution is -0.134. The van der Waals surface area contributed by atoms with Crippen LogP contribution in [0, 0.1) is 5.41 Å². The third-order valence-corrected chi connectivity index (χ3v) is 4.10. The highest BCUT2D eigenvalue weighted by Gasteiger charge is 2.40. The number of nitrogens with two attached hydrogens (primary N) is 1. The molecule has 1 saturated carbocycles. The molecular formula is C12H24N2O. The largest absolute Gasteiger partial charge is 0.350 e. The standard InChI is InChI=1S/C12H24N2O/c1-4-12(5-2,9-13)10(15)14-11(3)7-6-8-11/h4-9,13H2,1-3H3,(H,14,15). The monoisotopic (exact) mass is 212 g/mol. The lowest BCUT2D eigenvalue weighted by Crippen LogP contribution is -2.57. The molecule has 0 spiro atoms. The Kier molecular flexibility index (Phi) is 3.77. The van der Waals surface area contributed by atoms with Crippen molar-refractivity contribution < 1.29 is 4.79 Å². The van der Waals surface area contributed by atoms with Gasteiger partial charge in [-0.1, -0.05) is 13.8 Å². The quantitative estimate of drug-likeness (QED) is 0.730. The number of rotatable bonds is 5. The highest BCUT2D eigenvalue weighted by atomic mass is 16.2. The van der Waals surface area contributed by atoms with Gasteiger partial charge in [-0.2, -0.15) is 0 Å². The molecule has 0 aromatic heterocycles. The lowest BCUT2D eigenvalue weighted by Gasteiger charge is -2.42. The molecule has 0 aromatic rings. The SMILES string of the molecule is CCC(CC)(CN)C(=O)NC1(C)CCC1. The Bertz CT molecular complexity index is 222. The van der Waals surface area contributed by atoms with Gasteiger partial charge in [0.15, 0.2) is 0 Å². The van der Waals surface area contributed by atoms with Crippen LogP contribution < -0.4 is 11.1 Å². The normalized spacial score (nSPS) is 19.5. The highest BCUT2D eigenvalue weighted by Crippen LogP contribution is 2.33. The summed E-state index contributed by atoms with van der Waals surface area (Å²) in [4.78, 5) is 12.2. The molecule has 3 heteroatoms. The van der Waals surface area contributed by atoms with Gasteiger partial charge in [-0.3, -0.25) is 4.79 Å². The van der Waals surface area contributed by atoms with Crippen molar-refractivity contribution in [1.29, 1.82) is 0 Å². The van der Waals surface area contributed by atoms with E-state index in [0.717, 1.165) is 25.7 Å². The maximum Gasteiger partial charge on any atom is 0.227 e. The van der Waals surface area contributed by atoms with E-state index in [0.29, 0.717) is 6.54 Å². The summed E-state index contributed by atoms with van der Waals surface area (Å²) in [6.07, 6.45) is 5.08. The molecular weight excluding hydrogens is 188 g/mol. The van der Waals surface area contributed by atoms with E-state index >= 15 is 0 Å². The number of carbonyl (C=O) groups is 1. The van der Waals surface area contributed by atoms with E-state index in [1.165, 1.54) is 6.42 Å². The van der Waals surface area contributed by atoms with Crippen LogP contribution in [0.4, 0.5) is 0 Å². The van der Waals surface area contributed by atoms with E-state index in [2.05, 4.69) is 12.2 Å². The molecule has 1 rings (SSSR count). The highest BCUT2D eigenvalue weighted by molar-refractivity contribution is 5.83. The van der Waals surface area contributed by atoms with Gasteiger partial charge < -0.3 is 11.1 Å². The number of carbonyl (C=O) groups excluding carboxylic acids is 1. The first kappa shape index (κ1) is 12.5. The second-order valence-corrected chi connectivity index (χ2v) is 5.06. The molecule has 3 nitrogen and oxygen atoms in total. The predicted molar refractivity (Wildman–Crippen MR) is 62.5 cm³/mol. The smallest absolute Gasteiger partial charge is 0.227 e. The van der Waals surface area contributed by atoms with Gasteiger partial charge in [0.05, 0.1) is 5.41 Å². The van der Waals surface area contributed by atoms with E-state index in [9.17, 15) is 4.79 Å². The Balaban J connectivity index is 2.64. The summed E-state index contributed by atoms with van der Waals surface area (Å²) in [5.74, 6) is 0.150. The van der Waals surface area contributed by atoms with Crippen LogP contribution in [0.3, 0.4) is 0 Å². The zero-order valence-electron chi connectivity index (χ0n) is 10.2. The van der Waals surface area contributed by atoms with Gasteiger partial charge in [-0.05, 0) is 39.0 Å². The number of amides is 1. The van der Waals surface area contributed by atoms with Crippen molar-refractivity contribution in [2.75, 3.05) is 6.54 Å². The van der Waals surface area contributed by atoms with Crippen LogP contribution in [-0.4, -0.2) is 18.0 Å². The first-order chi connectivity index (χ1) is 7.02. The predicted octanol–water partition coefficient (Wildman–Crippen LogP) is 1.81. The van der Waals surface area contributed by atoms with E-state index in [4.69, 9.17) is 5.73 Å². The van der Waals surface area contributed by atoms with Crippen molar-refractivity contribution in [1.82, 2.24) is 5.32 Å². The molecule has 0 aliphatic heterocycles. The zero-order valence-corrected chi connectivity index (χ0v) is 10.2. The molecule has 0 bridgehead atoms. The third kappa shape index (κ3) is 2.33. The molecule has 0 aromatic carbocycles. The van der Waals surface area contributed by atoms with Gasteiger partial charge in [0.1, 0.15) is 0 Å². The molecule has 0 saturated heterocycles. The maximum absolute atomic E-state index is 12.2. The van der Waals surface area contributed by atoms with Crippen LogP contribution in [0.15, 0.2) is 0 Å². The Morgan fingerprint density at radius 2 is 1.93 bits per heavy atom. The average molecular weight is 212 g/mol. The molecule has 0 atom stereocenters. The van der Waals surface area contributed by atoms with Crippen LogP contribution in [0.5, 0.6) is 0 Å². The Morgan fingerprint density at radius 1 is 1.40 bits per heavy atom. The van der Waals surface area contributed by atoms with Crippen molar-refractivity contribution >= 4 is 5.91 Å². The van der Waals surface area contributed by atoms with Crippen LogP contribution >= 0.6 is 0 Å². The van der Waals surface area contributed by atoms with Gasteiger partial charge in [0, 0.05) is 12.1 Å². The molecule has 1 fully saturated rings. The van der Waals surface area contributed by atoms with E-state index in [1.54, 1.807) is 0 Å². The van der Waals surface area contributed by atoms with E-state index in [1.807, 2.05) is 13.8 Å². The Morgan fingerprint density at radius 3 is 2.20 bits per heavy atom. The Hall–Kier alpha value is -0.570. The zero-order chi connectivity index (χ0) is 11.5. The molecule has 88 valence electrons. The number of nitrogens with one attached hydrogen (secondary N) is 1. The average Bonchev–Trinajstić information content (AvgIpc) is 2.19. The molecule has 1 amide bonds. The fourth-order valence-corrected chi connectivity index (χ4v) is 2.19.